The Morgan fingerprint density at radius 3 is 2.67 bits per heavy atom. The lowest BCUT2D eigenvalue weighted by molar-refractivity contribution is -0.313. The van der Waals surface area contributed by atoms with Crippen LogP contribution in [0.2, 0.25) is 0 Å². The van der Waals surface area contributed by atoms with Crippen molar-refractivity contribution in [1.29, 1.82) is 5.26 Å². The Bertz CT molecular complexity index is 958. The second-order valence-corrected chi connectivity index (χ2v) is 7.23. The van der Waals surface area contributed by atoms with Gasteiger partial charge in [0.05, 0.1) is 17.1 Å². The van der Waals surface area contributed by atoms with Gasteiger partial charge in [0, 0.05) is 30.5 Å². The third-order valence-electron chi connectivity index (χ3n) is 5.51. The van der Waals surface area contributed by atoms with Crippen molar-refractivity contribution < 1.29 is 22.4 Å². The Balaban J connectivity index is 1.58. The van der Waals surface area contributed by atoms with Crippen molar-refractivity contribution in [3.63, 3.8) is 0 Å². The molecule has 27 heavy (non-hydrogen) atoms. The molecule has 0 aliphatic heterocycles. The van der Waals surface area contributed by atoms with Crippen LogP contribution in [0.25, 0.3) is 5.52 Å². The lowest BCUT2D eigenvalue weighted by Gasteiger charge is -2.43. The Kier molecular flexibility index (Phi) is 3.91. The van der Waals surface area contributed by atoms with Gasteiger partial charge in [0.1, 0.15) is 0 Å². The zero-order valence-electron chi connectivity index (χ0n) is 14.2. The van der Waals surface area contributed by atoms with Crippen LogP contribution in [-0.4, -0.2) is 27.4 Å². The Hall–Kier alpha value is -2.63. The van der Waals surface area contributed by atoms with Gasteiger partial charge in [0.2, 0.25) is 5.91 Å². The predicted molar refractivity (Wildman–Crippen MR) is 87.7 cm³/mol. The molecule has 2 aromatic heterocycles. The first-order valence-electron chi connectivity index (χ1n) is 8.71. The van der Waals surface area contributed by atoms with Crippen molar-refractivity contribution in [3.05, 3.63) is 29.5 Å². The normalized spacial score (nSPS) is 23.3. The maximum atomic E-state index is 13.4. The van der Waals surface area contributed by atoms with Gasteiger partial charge in [-0.05, 0) is 30.9 Å². The van der Waals surface area contributed by atoms with Gasteiger partial charge < -0.3 is 5.32 Å². The third kappa shape index (κ3) is 2.74. The van der Waals surface area contributed by atoms with Gasteiger partial charge in [-0.15, -0.1) is 5.10 Å². The molecular formula is C18H16F4N4O. The standard InChI is InChI=1S/C18H16F4N4O/c19-17(20)8-12(18(17,21)22)7-14(27)24-16-15(11-2-1-3-11)13-6-10(9-23)4-5-26(13)25-16/h4-6,11-12H,1-3,7-8H2,(H,24,25,27)/t12-/m0/s1. The van der Waals surface area contributed by atoms with Crippen LogP contribution in [0.4, 0.5) is 23.4 Å². The predicted octanol–water partition coefficient (Wildman–Crippen LogP) is 4.09. The molecule has 9 heteroatoms. The first kappa shape index (κ1) is 17.8. The van der Waals surface area contributed by atoms with E-state index in [0.717, 1.165) is 24.8 Å². The lowest BCUT2D eigenvalue weighted by Crippen LogP contribution is -2.59. The molecule has 1 N–H and O–H groups in total. The van der Waals surface area contributed by atoms with Crippen LogP contribution < -0.4 is 5.32 Å². The number of nitriles is 1. The number of nitrogens with one attached hydrogen (secondary N) is 1. The summed E-state index contributed by atoms with van der Waals surface area (Å²) in [7, 11) is 0. The molecule has 0 radical (unpaired) electrons. The number of fused-ring (bicyclic) bond motifs is 1. The minimum Gasteiger partial charge on any atom is -0.309 e. The van der Waals surface area contributed by atoms with Crippen LogP contribution in [0.15, 0.2) is 18.3 Å². The van der Waals surface area contributed by atoms with Crippen LogP contribution in [-0.2, 0) is 4.79 Å². The van der Waals surface area contributed by atoms with Crippen molar-refractivity contribution in [2.45, 2.75) is 49.9 Å². The third-order valence-corrected chi connectivity index (χ3v) is 5.51. The van der Waals surface area contributed by atoms with E-state index in [4.69, 9.17) is 5.26 Å². The van der Waals surface area contributed by atoms with Crippen molar-refractivity contribution in [3.8, 4) is 6.07 Å². The second-order valence-electron chi connectivity index (χ2n) is 7.23. The van der Waals surface area contributed by atoms with E-state index in [-0.39, 0.29) is 11.7 Å². The number of carbonyl (C=O) groups excluding carboxylic acids is 1. The van der Waals surface area contributed by atoms with Crippen molar-refractivity contribution in [1.82, 2.24) is 9.61 Å². The van der Waals surface area contributed by atoms with E-state index in [1.165, 1.54) is 4.52 Å². The van der Waals surface area contributed by atoms with Crippen LogP contribution in [0.1, 0.15) is 49.1 Å². The summed E-state index contributed by atoms with van der Waals surface area (Å²) in [6.45, 7) is 0. The van der Waals surface area contributed by atoms with Gasteiger partial charge in [-0.2, -0.15) is 22.8 Å². The number of nitrogens with zero attached hydrogens (tertiary/aromatic N) is 3. The molecule has 0 saturated heterocycles. The molecular weight excluding hydrogens is 364 g/mol. The smallest absolute Gasteiger partial charge is 0.309 e. The summed E-state index contributed by atoms with van der Waals surface area (Å²) in [4.78, 5) is 12.2. The SMILES string of the molecule is N#Cc1ccn2nc(NC(=O)C[C@H]3CC(F)(F)C3(F)F)c(C3CCC3)c2c1. The number of halogens is 4. The van der Waals surface area contributed by atoms with E-state index in [9.17, 15) is 22.4 Å². The zero-order chi connectivity index (χ0) is 19.4. The second kappa shape index (κ2) is 5.94. The number of hydrogen-bond acceptors (Lipinski definition) is 3. The first-order valence-corrected chi connectivity index (χ1v) is 8.71. The Morgan fingerprint density at radius 1 is 1.37 bits per heavy atom. The number of aromatic nitrogens is 2. The lowest BCUT2D eigenvalue weighted by atomic mass is 9.74. The minimum atomic E-state index is -4.16. The van der Waals surface area contributed by atoms with Gasteiger partial charge in [-0.25, -0.2) is 4.52 Å². The van der Waals surface area contributed by atoms with Crippen LogP contribution in [0, 0.1) is 17.2 Å². The van der Waals surface area contributed by atoms with E-state index in [1.54, 1.807) is 18.3 Å². The molecule has 1 atom stereocenters. The summed E-state index contributed by atoms with van der Waals surface area (Å²) in [6, 6.07) is 5.29. The molecule has 4 rings (SSSR count). The summed E-state index contributed by atoms with van der Waals surface area (Å²) < 4.78 is 54.3. The molecule has 2 aliphatic rings. The number of rotatable bonds is 4. The summed E-state index contributed by atoms with van der Waals surface area (Å²) in [6.07, 6.45) is 2.72. The fraction of sp³-hybridized carbons (Fsp3) is 0.500. The molecule has 5 nitrogen and oxygen atoms in total. The average molecular weight is 380 g/mol. The molecule has 0 unspecified atom stereocenters. The van der Waals surface area contributed by atoms with Gasteiger partial charge in [0.25, 0.3) is 0 Å². The highest BCUT2D eigenvalue weighted by molar-refractivity contribution is 5.92. The molecule has 0 aromatic carbocycles. The number of amides is 1. The fourth-order valence-electron chi connectivity index (χ4n) is 3.67. The summed E-state index contributed by atoms with van der Waals surface area (Å²) in [5, 5.41) is 15.9. The van der Waals surface area contributed by atoms with Crippen molar-refractivity contribution in [2.75, 3.05) is 5.32 Å². The highest BCUT2D eigenvalue weighted by Gasteiger charge is 2.71. The molecule has 0 spiro atoms. The van der Waals surface area contributed by atoms with Crippen LogP contribution in [0.5, 0.6) is 0 Å². The van der Waals surface area contributed by atoms with Crippen LogP contribution >= 0.6 is 0 Å². The zero-order valence-corrected chi connectivity index (χ0v) is 14.2. The molecule has 2 aromatic rings. The fourth-order valence-corrected chi connectivity index (χ4v) is 3.67. The molecule has 142 valence electrons. The monoisotopic (exact) mass is 380 g/mol. The molecule has 1 amide bonds. The molecule has 2 heterocycles. The number of anilines is 1. The maximum absolute atomic E-state index is 13.4. The van der Waals surface area contributed by atoms with E-state index in [1.807, 2.05) is 6.07 Å². The number of carbonyl (C=O) groups is 1. The minimum absolute atomic E-state index is 0.154. The maximum Gasteiger partial charge on any atom is 0.313 e. The van der Waals surface area contributed by atoms with E-state index in [0.29, 0.717) is 11.1 Å². The van der Waals surface area contributed by atoms with Gasteiger partial charge in [0.15, 0.2) is 5.82 Å². The average Bonchev–Trinajstić information content (AvgIpc) is 2.89. The van der Waals surface area contributed by atoms with E-state index < -0.39 is 36.5 Å². The number of alkyl halides is 4. The molecule has 2 saturated carbocycles. The highest BCUT2D eigenvalue weighted by atomic mass is 19.3. The van der Waals surface area contributed by atoms with Crippen molar-refractivity contribution in [2.24, 2.45) is 5.92 Å². The highest BCUT2D eigenvalue weighted by Crippen LogP contribution is 2.56. The molecule has 2 aliphatic carbocycles. The Labute approximate surface area is 152 Å². The van der Waals surface area contributed by atoms with E-state index in [2.05, 4.69) is 10.4 Å². The quantitative estimate of drug-likeness (QED) is 0.812. The van der Waals surface area contributed by atoms with Crippen LogP contribution in [0.3, 0.4) is 0 Å². The summed E-state index contributed by atoms with van der Waals surface area (Å²) >= 11 is 0. The van der Waals surface area contributed by atoms with Gasteiger partial charge >= 0.3 is 11.8 Å². The number of hydrogen-bond donors (Lipinski definition) is 1. The van der Waals surface area contributed by atoms with Gasteiger partial charge in [-0.3, -0.25) is 4.79 Å². The Morgan fingerprint density at radius 2 is 2.11 bits per heavy atom. The molecule has 0 bridgehead atoms. The number of pyridine rings is 1. The molecule has 2 fully saturated rings. The first-order chi connectivity index (χ1) is 12.7. The summed E-state index contributed by atoms with van der Waals surface area (Å²) in [5.41, 5.74) is 1.88. The topological polar surface area (TPSA) is 70.2 Å². The van der Waals surface area contributed by atoms with Gasteiger partial charge in [-0.1, -0.05) is 6.42 Å². The van der Waals surface area contributed by atoms with Crippen molar-refractivity contribution >= 4 is 17.2 Å². The summed E-state index contributed by atoms with van der Waals surface area (Å²) in [5.74, 6) is -10.3. The van der Waals surface area contributed by atoms with E-state index >= 15 is 0 Å². The largest absolute Gasteiger partial charge is 0.313 e.